The zero-order valence-electron chi connectivity index (χ0n) is 52.8. The molecule has 0 aliphatic carbocycles. The molecule has 16 aromatic rings. The molecule has 0 radical (unpaired) electrons. The molecule has 0 saturated heterocycles. The SMILES string of the molecule is [2H]c1c([2H])c([2H])c2c(c1[2H])c1c([2H])c([2H])c([2H])c([2H])c1n2-c1cc2c3c(c1)N(c1cccc4oc5ccc(-c6ccccc6)cc5c14)c1ccc(-c4ccccc4)cc1B3c1cc(-c3ccccc3)ccc1N2c1cccc2oc3ccc(-c4ccccc4)cc3c12. The average Bonchev–Trinajstić information content (AvgIpc) is 0.974. The van der Waals surface area contributed by atoms with Gasteiger partial charge in [0.15, 0.2) is 0 Å². The van der Waals surface area contributed by atoms with E-state index in [0.717, 1.165) is 117 Å². The normalized spacial score (nSPS) is 14.0. The van der Waals surface area contributed by atoms with Crippen molar-refractivity contribution < 1.29 is 19.8 Å². The lowest BCUT2D eigenvalue weighted by Crippen LogP contribution is -2.61. The molecule has 2 aliphatic heterocycles. The van der Waals surface area contributed by atoms with Gasteiger partial charge in [0.1, 0.15) is 22.3 Å². The summed E-state index contributed by atoms with van der Waals surface area (Å²) in [5.41, 5.74) is 19.2. The molecule has 390 valence electrons. The molecule has 5 heterocycles. The Hall–Kier alpha value is -11.1. The van der Waals surface area contributed by atoms with Gasteiger partial charge >= 0.3 is 0 Å². The Morgan fingerprint density at radius 1 is 0.298 bits per heavy atom. The number of furan rings is 2. The highest BCUT2D eigenvalue weighted by atomic mass is 16.3. The molecule has 0 atom stereocenters. The highest BCUT2D eigenvalue weighted by Gasteiger charge is 2.45. The van der Waals surface area contributed by atoms with Crippen molar-refractivity contribution in [1.29, 1.82) is 0 Å². The van der Waals surface area contributed by atoms with Crippen LogP contribution in [0.25, 0.3) is 116 Å². The van der Waals surface area contributed by atoms with Crippen molar-refractivity contribution in [2.24, 2.45) is 0 Å². The minimum Gasteiger partial charge on any atom is -0.456 e. The van der Waals surface area contributed by atoms with Gasteiger partial charge in [-0.15, -0.1) is 0 Å². The van der Waals surface area contributed by atoms with Crippen LogP contribution in [0.15, 0.2) is 300 Å². The summed E-state index contributed by atoms with van der Waals surface area (Å²) in [6.07, 6.45) is 0. The van der Waals surface area contributed by atoms with Gasteiger partial charge in [-0.1, -0.05) is 206 Å². The average molecular weight is 1080 g/mol. The van der Waals surface area contributed by atoms with Gasteiger partial charge < -0.3 is 23.2 Å². The molecule has 0 fully saturated rings. The summed E-state index contributed by atoms with van der Waals surface area (Å²) in [4.78, 5) is 4.61. The highest BCUT2D eigenvalue weighted by molar-refractivity contribution is 7.00. The minimum absolute atomic E-state index is 0.0127. The van der Waals surface area contributed by atoms with Crippen LogP contribution in [0.5, 0.6) is 0 Å². The topological polar surface area (TPSA) is 37.7 Å². The molecule has 0 amide bonds. The van der Waals surface area contributed by atoms with E-state index >= 15 is 0 Å². The first-order chi connectivity index (χ1) is 45.0. The van der Waals surface area contributed by atoms with Crippen LogP contribution in [0.1, 0.15) is 11.0 Å². The first kappa shape index (κ1) is 39.3. The van der Waals surface area contributed by atoms with Crippen molar-refractivity contribution in [2.75, 3.05) is 9.80 Å². The lowest BCUT2D eigenvalue weighted by molar-refractivity contribution is 0.668. The second-order valence-corrected chi connectivity index (χ2v) is 21.7. The van der Waals surface area contributed by atoms with Crippen molar-refractivity contribution in [3.05, 3.63) is 291 Å². The third-order valence-corrected chi connectivity index (χ3v) is 17.2. The summed E-state index contributed by atoms with van der Waals surface area (Å²) >= 11 is 0. The maximum atomic E-state index is 9.84. The molecule has 0 saturated carbocycles. The fourth-order valence-corrected chi connectivity index (χ4v) is 13.5. The zero-order valence-corrected chi connectivity index (χ0v) is 44.8. The number of benzene rings is 13. The molecule has 6 heteroatoms. The van der Waals surface area contributed by atoms with Crippen molar-refractivity contribution in [1.82, 2.24) is 4.57 Å². The van der Waals surface area contributed by atoms with Crippen LogP contribution in [0.3, 0.4) is 0 Å². The van der Waals surface area contributed by atoms with Crippen molar-refractivity contribution in [2.45, 2.75) is 0 Å². The van der Waals surface area contributed by atoms with Crippen LogP contribution >= 0.6 is 0 Å². The summed E-state index contributed by atoms with van der Waals surface area (Å²) < 4.78 is 90.7. The standard InChI is InChI=1S/C78H48BN3O2/c1-5-19-49(20-6-1)53-37-41-72-60(43-53)76-68(31-17-33-74(76)83-72)81-66-39-35-55(51-23-9-3-10-24-51)45-62(66)79-63-46-56(52-25-11-4-12-26-52)36-40-67(63)82(69-32-18-34-75-77(69)61-44-54(38-42-73(61)84-75)50-21-7-2-8-22-50)71-48-57(47-70(81)78(71)79)80-64-29-15-13-27-58(64)59-28-14-16-30-65(59)80/h1-48H/i13D,14D,15D,16D,27D,28D,29D,30D. The van der Waals surface area contributed by atoms with E-state index in [1.807, 2.05) is 97.1 Å². The second kappa shape index (κ2) is 18.2. The fraction of sp³-hybridized carbons (Fsp3) is 0. The van der Waals surface area contributed by atoms with Crippen molar-refractivity contribution >= 4 is 123 Å². The molecule has 0 unspecified atom stereocenters. The van der Waals surface area contributed by atoms with E-state index in [0.29, 0.717) is 28.0 Å². The van der Waals surface area contributed by atoms with E-state index in [2.05, 4.69) is 155 Å². The Bertz CT molecular complexity index is 5490. The smallest absolute Gasteiger partial charge is 0.252 e. The van der Waals surface area contributed by atoms with E-state index in [-0.39, 0.29) is 21.8 Å². The number of aromatic nitrogens is 1. The monoisotopic (exact) mass is 1080 g/mol. The lowest BCUT2D eigenvalue weighted by Gasteiger charge is -2.45. The Morgan fingerprint density at radius 2 is 0.690 bits per heavy atom. The lowest BCUT2D eigenvalue weighted by atomic mass is 9.33. The van der Waals surface area contributed by atoms with Crippen LogP contribution < -0.4 is 26.2 Å². The number of para-hydroxylation sites is 2. The van der Waals surface area contributed by atoms with Gasteiger partial charge in [0.05, 0.1) is 49.8 Å². The molecule has 84 heavy (non-hydrogen) atoms. The molecule has 18 rings (SSSR count). The molecule has 3 aromatic heterocycles. The first-order valence-corrected chi connectivity index (χ1v) is 28.2. The van der Waals surface area contributed by atoms with Gasteiger partial charge in [-0.25, -0.2) is 0 Å². The Balaban J connectivity index is 1.03. The second-order valence-electron chi connectivity index (χ2n) is 21.7. The molecular formula is C78H48BN3O2. The Labute approximate surface area is 496 Å². The molecule has 0 N–H and O–H groups in total. The molecule has 0 bridgehead atoms. The zero-order chi connectivity index (χ0) is 61.9. The number of nitrogens with zero attached hydrogens (tertiary/aromatic N) is 3. The summed E-state index contributed by atoms with van der Waals surface area (Å²) in [6, 6.07) is 80.1. The first-order valence-electron chi connectivity index (χ1n) is 32.2. The van der Waals surface area contributed by atoms with Crippen LogP contribution in [0.2, 0.25) is 0 Å². The van der Waals surface area contributed by atoms with E-state index in [9.17, 15) is 8.22 Å². The van der Waals surface area contributed by atoms with Gasteiger partial charge in [-0.3, -0.25) is 0 Å². The van der Waals surface area contributed by atoms with Crippen LogP contribution in [0, 0.1) is 0 Å². The molecule has 5 nitrogen and oxygen atoms in total. The predicted octanol–water partition coefficient (Wildman–Crippen LogP) is 19.3. The number of fused-ring (bicyclic) bond motifs is 13. The molecular weight excluding hydrogens is 1020 g/mol. The third kappa shape index (κ3) is 6.98. The number of anilines is 6. The summed E-state index contributed by atoms with van der Waals surface area (Å²) in [5.74, 6) is 0. The van der Waals surface area contributed by atoms with E-state index in [1.165, 1.54) is 0 Å². The fourth-order valence-electron chi connectivity index (χ4n) is 13.5. The number of hydrogen-bond acceptors (Lipinski definition) is 4. The summed E-state index contributed by atoms with van der Waals surface area (Å²) in [7, 11) is 0. The van der Waals surface area contributed by atoms with E-state index < -0.39 is 55.1 Å². The molecule has 0 spiro atoms. The maximum Gasteiger partial charge on any atom is 0.252 e. The Kier molecular flexibility index (Phi) is 8.53. The van der Waals surface area contributed by atoms with Crippen LogP contribution in [-0.2, 0) is 0 Å². The van der Waals surface area contributed by atoms with Crippen LogP contribution in [0.4, 0.5) is 34.1 Å². The summed E-state index contributed by atoms with van der Waals surface area (Å²) in [6.45, 7) is -0.471. The quantitative estimate of drug-likeness (QED) is 0.149. The van der Waals surface area contributed by atoms with Gasteiger partial charge in [-0.2, -0.15) is 0 Å². The van der Waals surface area contributed by atoms with E-state index in [1.54, 1.807) is 4.57 Å². The van der Waals surface area contributed by atoms with E-state index in [4.69, 9.17) is 11.6 Å². The maximum absolute atomic E-state index is 9.84. The summed E-state index contributed by atoms with van der Waals surface area (Å²) in [5, 5.41) is 3.49. The van der Waals surface area contributed by atoms with Crippen molar-refractivity contribution in [3.63, 3.8) is 0 Å². The predicted molar refractivity (Wildman–Crippen MR) is 351 cm³/mol. The van der Waals surface area contributed by atoms with Gasteiger partial charge in [0, 0.05) is 44.3 Å². The molecule has 13 aromatic carbocycles. The van der Waals surface area contributed by atoms with Crippen molar-refractivity contribution in [3.8, 4) is 50.2 Å². The van der Waals surface area contributed by atoms with Crippen LogP contribution in [-0.4, -0.2) is 11.3 Å². The third-order valence-electron chi connectivity index (χ3n) is 17.2. The van der Waals surface area contributed by atoms with Gasteiger partial charge in [0.2, 0.25) is 0 Å². The Morgan fingerprint density at radius 3 is 1.12 bits per heavy atom. The largest absolute Gasteiger partial charge is 0.456 e. The minimum atomic E-state index is -0.514. The molecule has 2 aliphatic rings. The number of hydrogen-bond donors (Lipinski definition) is 0. The van der Waals surface area contributed by atoms with Gasteiger partial charge in [-0.05, 0) is 146 Å². The highest BCUT2D eigenvalue weighted by Crippen LogP contribution is 2.52. The van der Waals surface area contributed by atoms with Gasteiger partial charge in [0.25, 0.3) is 6.71 Å². The number of rotatable bonds is 7.